The molecule has 13 heavy (non-hydrogen) atoms. The zero-order valence-electron chi connectivity index (χ0n) is 7.02. The van der Waals surface area contributed by atoms with Crippen molar-refractivity contribution in [2.24, 2.45) is 0 Å². The fourth-order valence-electron chi connectivity index (χ4n) is 0.962. The fourth-order valence-corrected chi connectivity index (χ4v) is 0.962. The zero-order valence-corrected chi connectivity index (χ0v) is 7.02. The molecule has 0 unspecified atom stereocenters. The quantitative estimate of drug-likeness (QED) is 0.512. The van der Waals surface area contributed by atoms with Gasteiger partial charge < -0.3 is 9.84 Å². The predicted molar refractivity (Wildman–Crippen MR) is 43.3 cm³/mol. The third kappa shape index (κ3) is 2.16. The summed E-state index contributed by atoms with van der Waals surface area (Å²) in [5, 5.41) is 21.3. The molecule has 0 aromatic heterocycles. The monoisotopic (exact) mass is 182 g/mol. The molecule has 0 N–H and O–H groups in total. The third-order valence-corrected chi connectivity index (χ3v) is 1.53. The maximum atomic E-state index is 10.9. The molecule has 0 radical (unpaired) electrons. The van der Waals surface area contributed by atoms with Gasteiger partial charge in [-0.3, -0.25) is 10.1 Å². The van der Waals surface area contributed by atoms with E-state index in [1.807, 2.05) is 0 Å². The van der Waals surface area contributed by atoms with Gasteiger partial charge in [0.15, 0.2) is 0 Å². The minimum Gasteiger partial charge on any atom is -0.868 e. The molecule has 0 saturated carbocycles. The number of ether oxygens (including phenoxy) is 1. The molecule has 0 saturated heterocycles. The van der Waals surface area contributed by atoms with Crippen molar-refractivity contribution >= 4 is 5.69 Å². The zero-order chi connectivity index (χ0) is 9.84. The van der Waals surface area contributed by atoms with Gasteiger partial charge in [0.1, 0.15) is 0 Å². The van der Waals surface area contributed by atoms with E-state index in [1.54, 1.807) is 0 Å². The number of nitro benzene ring substituents is 1. The van der Waals surface area contributed by atoms with E-state index in [-0.39, 0.29) is 6.61 Å². The van der Waals surface area contributed by atoms with Crippen LogP contribution in [0.2, 0.25) is 0 Å². The summed E-state index contributed by atoms with van der Waals surface area (Å²) < 4.78 is 4.78. The Bertz CT molecular complexity index is 324. The summed E-state index contributed by atoms with van der Waals surface area (Å²) >= 11 is 0. The lowest BCUT2D eigenvalue weighted by Gasteiger charge is -2.07. The minimum absolute atomic E-state index is 0.265. The Kier molecular flexibility index (Phi) is 2.81. The second-order valence-corrected chi connectivity index (χ2v) is 2.49. The van der Waals surface area contributed by atoms with Crippen molar-refractivity contribution in [2.45, 2.75) is 6.61 Å². The van der Waals surface area contributed by atoms with E-state index in [0.717, 1.165) is 0 Å². The molecule has 0 aliphatic rings. The molecule has 1 rings (SSSR count). The van der Waals surface area contributed by atoms with Crippen LogP contribution in [0.3, 0.4) is 0 Å². The predicted octanol–water partition coefficient (Wildman–Crippen LogP) is 0.815. The molecule has 0 atom stereocenters. The second kappa shape index (κ2) is 3.86. The maximum Gasteiger partial charge on any atom is 0.262 e. The van der Waals surface area contributed by atoms with Gasteiger partial charge in [0.05, 0.1) is 11.5 Å². The van der Waals surface area contributed by atoms with Crippen molar-refractivity contribution in [1.29, 1.82) is 0 Å². The van der Waals surface area contributed by atoms with Gasteiger partial charge in [-0.05, 0) is 11.3 Å². The third-order valence-electron chi connectivity index (χ3n) is 1.53. The lowest BCUT2D eigenvalue weighted by Crippen LogP contribution is -1.99. The average molecular weight is 182 g/mol. The van der Waals surface area contributed by atoms with Gasteiger partial charge in [-0.1, -0.05) is 12.1 Å². The van der Waals surface area contributed by atoms with Gasteiger partial charge in [-0.25, -0.2) is 0 Å². The van der Waals surface area contributed by atoms with Crippen LogP contribution in [0.15, 0.2) is 18.2 Å². The van der Waals surface area contributed by atoms with Crippen molar-refractivity contribution in [3.8, 4) is 5.75 Å². The first-order valence-corrected chi connectivity index (χ1v) is 3.58. The molecule has 0 heterocycles. The van der Waals surface area contributed by atoms with Crippen LogP contribution >= 0.6 is 0 Å². The van der Waals surface area contributed by atoms with Crippen LogP contribution in [0.4, 0.5) is 5.69 Å². The van der Waals surface area contributed by atoms with E-state index in [4.69, 9.17) is 4.74 Å². The van der Waals surface area contributed by atoms with Gasteiger partial charge in [0.2, 0.25) is 0 Å². The molecule has 0 amide bonds. The van der Waals surface area contributed by atoms with Crippen molar-refractivity contribution in [3.05, 3.63) is 33.9 Å². The molecule has 0 bridgehead atoms. The molecule has 5 heteroatoms. The average Bonchev–Trinajstić information content (AvgIpc) is 2.08. The van der Waals surface area contributed by atoms with E-state index >= 15 is 0 Å². The molecule has 0 aliphatic carbocycles. The Balaban J connectivity index is 3.04. The van der Waals surface area contributed by atoms with Crippen LogP contribution in [-0.2, 0) is 11.3 Å². The SMILES string of the molecule is COCc1ccc([O-])c([N+](=O)[O-])c1. The topological polar surface area (TPSA) is 75.4 Å². The van der Waals surface area contributed by atoms with Crippen LogP contribution in [-0.4, -0.2) is 12.0 Å². The number of benzene rings is 1. The molecule has 1 aromatic carbocycles. The second-order valence-electron chi connectivity index (χ2n) is 2.49. The van der Waals surface area contributed by atoms with Crippen molar-refractivity contribution in [1.82, 2.24) is 0 Å². The Labute approximate surface area is 74.7 Å². The number of rotatable bonds is 3. The lowest BCUT2D eigenvalue weighted by molar-refractivity contribution is -0.398. The summed E-state index contributed by atoms with van der Waals surface area (Å²) in [6.07, 6.45) is 0. The summed E-state index contributed by atoms with van der Waals surface area (Å²) in [6.45, 7) is 0.265. The number of hydrogen-bond acceptors (Lipinski definition) is 4. The highest BCUT2D eigenvalue weighted by atomic mass is 16.6. The van der Waals surface area contributed by atoms with Gasteiger partial charge in [0, 0.05) is 13.2 Å². The fraction of sp³-hybridized carbons (Fsp3) is 0.250. The first-order valence-electron chi connectivity index (χ1n) is 3.58. The van der Waals surface area contributed by atoms with Gasteiger partial charge in [-0.15, -0.1) is 0 Å². The van der Waals surface area contributed by atoms with Gasteiger partial charge >= 0.3 is 0 Å². The van der Waals surface area contributed by atoms with E-state index < -0.39 is 16.4 Å². The summed E-state index contributed by atoms with van der Waals surface area (Å²) in [5.74, 6) is -0.579. The van der Waals surface area contributed by atoms with Crippen molar-refractivity contribution in [3.63, 3.8) is 0 Å². The summed E-state index contributed by atoms with van der Waals surface area (Å²) in [6, 6.07) is 3.91. The van der Waals surface area contributed by atoms with Crippen molar-refractivity contribution in [2.75, 3.05) is 7.11 Å². The summed E-state index contributed by atoms with van der Waals surface area (Å²) in [7, 11) is 1.48. The maximum absolute atomic E-state index is 10.9. The van der Waals surface area contributed by atoms with Crippen LogP contribution < -0.4 is 5.11 Å². The lowest BCUT2D eigenvalue weighted by atomic mass is 10.2. The summed E-state index contributed by atoms with van der Waals surface area (Å²) in [5.41, 5.74) is 0.211. The molecule has 0 spiro atoms. The highest BCUT2D eigenvalue weighted by Crippen LogP contribution is 2.23. The summed E-state index contributed by atoms with van der Waals surface area (Å²) in [4.78, 5) is 9.65. The molecule has 0 aliphatic heterocycles. The number of nitrogens with zero attached hydrogens (tertiary/aromatic N) is 1. The molecule has 5 nitrogen and oxygen atoms in total. The standard InChI is InChI=1S/C8H9NO4/c1-13-5-6-2-3-8(10)7(4-6)9(11)12/h2-4,10H,5H2,1H3/p-1. The largest absolute Gasteiger partial charge is 0.868 e. The van der Waals surface area contributed by atoms with Crippen molar-refractivity contribution < 1.29 is 14.8 Å². The Morgan fingerprint density at radius 1 is 1.54 bits per heavy atom. The van der Waals surface area contributed by atoms with E-state index in [9.17, 15) is 15.2 Å². The Hall–Kier alpha value is -1.62. The van der Waals surface area contributed by atoms with Crippen LogP contribution in [0.25, 0.3) is 0 Å². The van der Waals surface area contributed by atoms with E-state index in [0.29, 0.717) is 5.56 Å². The Morgan fingerprint density at radius 2 is 2.23 bits per heavy atom. The minimum atomic E-state index is -0.693. The molecular formula is C8H8NO4-. The van der Waals surface area contributed by atoms with E-state index in [2.05, 4.69) is 0 Å². The molecule has 0 fully saturated rings. The normalized spacial score (nSPS) is 9.92. The first-order chi connectivity index (χ1) is 6.15. The number of hydrogen-bond donors (Lipinski definition) is 0. The van der Waals surface area contributed by atoms with Crippen LogP contribution in [0.5, 0.6) is 5.75 Å². The van der Waals surface area contributed by atoms with Crippen LogP contribution in [0.1, 0.15) is 5.56 Å². The van der Waals surface area contributed by atoms with E-state index in [1.165, 1.54) is 25.3 Å². The highest BCUT2D eigenvalue weighted by Gasteiger charge is 2.07. The first kappa shape index (κ1) is 9.47. The van der Waals surface area contributed by atoms with Gasteiger partial charge in [-0.2, -0.15) is 0 Å². The molecule has 70 valence electrons. The Morgan fingerprint density at radius 3 is 2.77 bits per heavy atom. The molecule has 1 aromatic rings. The van der Waals surface area contributed by atoms with Gasteiger partial charge in [0.25, 0.3) is 5.69 Å². The van der Waals surface area contributed by atoms with Crippen LogP contribution in [0, 0.1) is 10.1 Å². The smallest absolute Gasteiger partial charge is 0.262 e. The highest BCUT2D eigenvalue weighted by molar-refractivity contribution is 5.46. The number of methoxy groups -OCH3 is 1. The number of nitro groups is 1. The molecular weight excluding hydrogens is 174 g/mol.